The van der Waals surface area contributed by atoms with Crippen molar-refractivity contribution >= 4 is 45.0 Å². The molecule has 1 aromatic carbocycles. The molecular formula is C26H25N7O2. The standard InChI is InChI=1S/C26H25N7O2/c1-16-3-6-23(28-13-16)32-24-12-18-19(14-29-24)25(27-2)30-15-20(18)26-31-21-11-17(4-5-22(21)35-26)33-7-9-34-10-8-33/h3-6,11-15H,7-10H2,1-2H3,(H,27,30)(H,28,29,32). The van der Waals surface area contributed by atoms with E-state index in [0.29, 0.717) is 11.7 Å². The van der Waals surface area contributed by atoms with Crippen LogP contribution < -0.4 is 15.5 Å². The van der Waals surface area contributed by atoms with Crippen molar-refractivity contribution < 1.29 is 9.15 Å². The summed E-state index contributed by atoms with van der Waals surface area (Å²) in [6.45, 7) is 5.22. The summed E-state index contributed by atoms with van der Waals surface area (Å²) < 4.78 is 11.7. The van der Waals surface area contributed by atoms with Crippen LogP contribution in [0.5, 0.6) is 0 Å². The number of benzene rings is 1. The summed E-state index contributed by atoms with van der Waals surface area (Å²) in [6.07, 6.45) is 5.41. The second kappa shape index (κ2) is 8.84. The third-order valence-electron chi connectivity index (χ3n) is 6.15. The molecule has 0 unspecified atom stereocenters. The molecule has 0 atom stereocenters. The van der Waals surface area contributed by atoms with Gasteiger partial charge in [0, 0.05) is 55.2 Å². The third kappa shape index (κ3) is 4.10. The molecule has 1 aliphatic heterocycles. The first-order valence-electron chi connectivity index (χ1n) is 11.6. The fourth-order valence-electron chi connectivity index (χ4n) is 4.30. The monoisotopic (exact) mass is 467 g/mol. The Morgan fingerprint density at radius 3 is 2.54 bits per heavy atom. The zero-order valence-electron chi connectivity index (χ0n) is 19.6. The molecular weight excluding hydrogens is 442 g/mol. The number of nitrogens with zero attached hydrogens (tertiary/aromatic N) is 5. The lowest BCUT2D eigenvalue weighted by atomic mass is 10.1. The molecule has 35 heavy (non-hydrogen) atoms. The van der Waals surface area contributed by atoms with Gasteiger partial charge < -0.3 is 24.7 Å². The molecule has 0 amide bonds. The maximum absolute atomic E-state index is 6.18. The van der Waals surface area contributed by atoms with Gasteiger partial charge >= 0.3 is 0 Å². The molecule has 1 fully saturated rings. The minimum atomic E-state index is 0.518. The summed E-state index contributed by atoms with van der Waals surface area (Å²) >= 11 is 0. The highest BCUT2D eigenvalue weighted by Gasteiger charge is 2.17. The van der Waals surface area contributed by atoms with Gasteiger partial charge in [-0.3, -0.25) is 0 Å². The van der Waals surface area contributed by atoms with Crippen molar-refractivity contribution in [2.45, 2.75) is 6.92 Å². The van der Waals surface area contributed by atoms with Crippen LogP contribution in [0.4, 0.5) is 23.1 Å². The first kappa shape index (κ1) is 21.3. The van der Waals surface area contributed by atoms with Crippen molar-refractivity contribution in [1.82, 2.24) is 19.9 Å². The lowest BCUT2D eigenvalue weighted by molar-refractivity contribution is 0.122. The number of morpholine rings is 1. The SMILES string of the molecule is CNc1ncc(-c2nc3cc(N4CCOCC4)ccc3o2)c2cc(Nc3ccc(C)cn3)ncc12. The highest BCUT2D eigenvalue weighted by molar-refractivity contribution is 6.01. The number of hydrogen-bond acceptors (Lipinski definition) is 9. The zero-order chi connectivity index (χ0) is 23.8. The molecule has 0 bridgehead atoms. The van der Waals surface area contributed by atoms with E-state index in [4.69, 9.17) is 14.1 Å². The summed E-state index contributed by atoms with van der Waals surface area (Å²) in [5.41, 5.74) is 4.56. The predicted octanol–water partition coefficient (Wildman–Crippen LogP) is 4.76. The van der Waals surface area contributed by atoms with E-state index in [9.17, 15) is 0 Å². The Morgan fingerprint density at radius 1 is 0.886 bits per heavy atom. The van der Waals surface area contributed by atoms with Gasteiger partial charge in [-0.15, -0.1) is 0 Å². The zero-order valence-corrected chi connectivity index (χ0v) is 19.6. The van der Waals surface area contributed by atoms with Gasteiger partial charge in [0.25, 0.3) is 0 Å². The van der Waals surface area contributed by atoms with Gasteiger partial charge in [-0.2, -0.15) is 0 Å². The largest absolute Gasteiger partial charge is 0.436 e. The van der Waals surface area contributed by atoms with Crippen LogP contribution in [0.25, 0.3) is 33.3 Å². The van der Waals surface area contributed by atoms with Crippen LogP contribution >= 0.6 is 0 Å². The minimum absolute atomic E-state index is 0.518. The third-order valence-corrected chi connectivity index (χ3v) is 6.15. The van der Waals surface area contributed by atoms with Crippen molar-refractivity contribution in [1.29, 1.82) is 0 Å². The van der Waals surface area contributed by atoms with E-state index in [-0.39, 0.29) is 0 Å². The second-order valence-corrected chi connectivity index (χ2v) is 8.50. The first-order valence-corrected chi connectivity index (χ1v) is 11.6. The van der Waals surface area contributed by atoms with Gasteiger partial charge in [-0.05, 0) is 42.8 Å². The van der Waals surface area contributed by atoms with E-state index in [1.165, 1.54) is 0 Å². The molecule has 0 aliphatic carbocycles. The van der Waals surface area contributed by atoms with Crippen LogP contribution in [0.15, 0.2) is 59.4 Å². The van der Waals surface area contributed by atoms with Gasteiger partial charge in [-0.1, -0.05) is 6.07 Å². The fraction of sp³-hybridized carbons (Fsp3) is 0.231. The van der Waals surface area contributed by atoms with E-state index in [1.54, 1.807) is 12.4 Å². The average Bonchev–Trinajstić information content (AvgIpc) is 3.33. The summed E-state index contributed by atoms with van der Waals surface area (Å²) in [5.74, 6) is 2.66. The number of rotatable bonds is 5. The number of ether oxygens (including phenoxy) is 1. The van der Waals surface area contributed by atoms with Crippen molar-refractivity contribution in [3.05, 3.63) is 60.6 Å². The number of aromatic nitrogens is 4. The van der Waals surface area contributed by atoms with E-state index in [2.05, 4.69) is 42.6 Å². The minimum Gasteiger partial charge on any atom is -0.436 e. The van der Waals surface area contributed by atoms with Crippen LogP contribution in [-0.4, -0.2) is 53.3 Å². The Kier molecular flexibility index (Phi) is 5.38. The molecule has 1 aliphatic rings. The maximum atomic E-state index is 6.18. The molecule has 9 heteroatoms. The Hall–Kier alpha value is -4.24. The van der Waals surface area contributed by atoms with Crippen LogP contribution in [0, 0.1) is 6.92 Å². The first-order chi connectivity index (χ1) is 17.2. The number of aryl methyl sites for hydroxylation is 1. The number of fused-ring (bicyclic) bond motifs is 2. The Bertz CT molecular complexity index is 1510. The van der Waals surface area contributed by atoms with Crippen molar-refractivity contribution in [3.8, 4) is 11.5 Å². The van der Waals surface area contributed by atoms with E-state index >= 15 is 0 Å². The molecule has 2 N–H and O–H groups in total. The molecule has 1 saturated heterocycles. The molecule has 4 aromatic heterocycles. The fourth-order valence-corrected chi connectivity index (χ4v) is 4.30. The highest BCUT2D eigenvalue weighted by atomic mass is 16.5. The maximum Gasteiger partial charge on any atom is 0.229 e. The second-order valence-electron chi connectivity index (χ2n) is 8.50. The summed E-state index contributed by atoms with van der Waals surface area (Å²) in [6, 6.07) is 12.0. The van der Waals surface area contributed by atoms with Gasteiger partial charge in [0.05, 0.1) is 18.8 Å². The average molecular weight is 468 g/mol. The Labute approximate surface area is 202 Å². The van der Waals surface area contributed by atoms with Gasteiger partial charge in [0.1, 0.15) is 23.0 Å². The predicted molar refractivity (Wildman–Crippen MR) is 137 cm³/mol. The van der Waals surface area contributed by atoms with Gasteiger partial charge in [0.2, 0.25) is 5.89 Å². The van der Waals surface area contributed by atoms with Gasteiger partial charge in [0.15, 0.2) is 5.58 Å². The van der Waals surface area contributed by atoms with Crippen molar-refractivity contribution in [3.63, 3.8) is 0 Å². The molecule has 9 nitrogen and oxygen atoms in total. The summed E-state index contributed by atoms with van der Waals surface area (Å²) in [5, 5.41) is 8.23. The Balaban J connectivity index is 1.41. The van der Waals surface area contributed by atoms with Crippen LogP contribution in [0.1, 0.15) is 5.56 Å². The Morgan fingerprint density at radius 2 is 1.74 bits per heavy atom. The van der Waals surface area contributed by atoms with E-state index in [1.807, 2.05) is 44.4 Å². The topological polar surface area (TPSA) is 101 Å². The van der Waals surface area contributed by atoms with Gasteiger partial charge in [-0.25, -0.2) is 19.9 Å². The number of oxazole rings is 1. The van der Waals surface area contributed by atoms with E-state index in [0.717, 1.165) is 76.6 Å². The number of pyridine rings is 3. The molecule has 5 aromatic rings. The number of anilines is 4. The number of hydrogen-bond donors (Lipinski definition) is 2. The van der Waals surface area contributed by atoms with E-state index < -0.39 is 0 Å². The smallest absolute Gasteiger partial charge is 0.229 e. The molecule has 0 saturated carbocycles. The molecule has 176 valence electrons. The molecule has 0 radical (unpaired) electrons. The molecule has 5 heterocycles. The lowest BCUT2D eigenvalue weighted by Gasteiger charge is -2.28. The summed E-state index contributed by atoms with van der Waals surface area (Å²) in [4.78, 5) is 20.7. The molecule has 0 spiro atoms. The normalized spacial score (nSPS) is 13.9. The van der Waals surface area contributed by atoms with Crippen molar-refractivity contribution in [2.24, 2.45) is 0 Å². The van der Waals surface area contributed by atoms with Crippen LogP contribution in [0.3, 0.4) is 0 Å². The molecule has 6 rings (SSSR count). The number of nitrogens with one attached hydrogen (secondary N) is 2. The van der Waals surface area contributed by atoms with Crippen LogP contribution in [-0.2, 0) is 4.74 Å². The quantitative estimate of drug-likeness (QED) is 0.379. The highest BCUT2D eigenvalue weighted by Crippen LogP contribution is 2.35. The van der Waals surface area contributed by atoms with Crippen LogP contribution in [0.2, 0.25) is 0 Å². The van der Waals surface area contributed by atoms with Crippen molar-refractivity contribution in [2.75, 3.05) is 48.9 Å². The lowest BCUT2D eigenvalue weighted by Crippen LogP contribution is -2.36. The summed E-state index contributed by atoms with van der Waals surface area (Å²) in [7, 11) is 1.84.